The van der Waals surface area contributed by atoms with E-state index in [1.807, 2.05) is 44.4 Å². The van der Waals surface area contributed by atoms with Gasteiger partial charge in [-0.1, -0.05) is 18.2 Å². The smallest absolute Gasteiger partial charge is 0.268 e. The van der Waals surface area contributed by atoms with E-state index in [0.29, 0.717) is 18.0 Å². The van der Waals surface area contributed by atoms with E-state index >= 15 is 0 Å². The molecule has 0 spiro atoms. The van der Waals surface area contributed by atoms with Crippen molar-refractivity contribution in [1.82, 2.24) is 5.32 Å². The van der Waals surface area contributed by atoms with Crippen LogP contribution in [0, 0.1) is 6.92 Å². The number of rotatable bonds is 11. The maximum Gasteiger partial charge on any atom is 0.268 e. The fourth-order valence-electron chi connectivity index (χ4n) is 3.69. The van der Waals surface area contributed by atoms with Crippen LogP contribution in [-0.2, 0) is 14.8 Å². The Labute approximate surface area is 217 Å². The number of carbonyl (C=O) groups is 1. The number of hydrogen-bond acceptors (Lipinski definition) is 6. The van der Waals surface area contributed by atoms with E-state index in [-0.39, 0.29) is 16.7 Å². The molecule has 1 N–H and O–H groups in total. The van der Waals surface area contributed by atoms with Crippen molar-refractivity contribution in [2.45, 2.75) is 36.6 Å². The lowest BCUT2D eigenvalue weighted by molar-refractivity contribution is -0.120. The highest BCUT2D eigenvalue weighted by Gasteiger charge is 2.30. The minimum Gasteiger partial charge on any atom is -0.495 e. The lowest BCUT2D eigenvalue weighted by Gasteiger charge is -2.26. The molecule has 3 aromatic carbocycles. The lowest BCUT2D eigenvalue weighted by atomic mass is 10.1. The number of ether oxygens (including phenoxy) is 2. The number of sulfonamides is 1. The van der Waals surface area contributed by atoms with Crippen molar-refractivity contribution in [3.8, 4) is 11.5 Å². The summed E-state index contributed by atoms with van der Waals surface area (Å²) in [7, 11) is -2.73. The van der Waals surface area contributed by atoms with Gasteiger partial charge in [0.05, 0.1) is 25.4 Å². The minimum absolute atomic E-state index is 0.00705. The number of hydrogen-bond donors (Lipinski definition) is 1. The van der Waals surface area contributed by atoms with Crippen LogP contribution in [0.4, 0.5) is 5.69 Å². The van der Waals surface area contributed by atoms with Crippen molar-refractivity contribution in [3.63, 3.8) is 0 Å². The molecule has 7 nitrogen and oxygen atoms in total. The molecular weight excluding hydrogens is 496 g/mol. The van der Waals surface area contributed by atoms with Crippen LogP contribution in [0.25, 0.3) is 0 Å². The summed E-state index contributed by atoms with van der Waals surface area (Å²) in [5.74, 6) is 0.387. The van der Waals surface area contributed by atoms with Gasteiger partial charge in [0.2, 0.25) is 5.91 Å². The number of carbonyl (C=O) groups excluding carboxylic acids is 1. The fourth-order valence-corrected chi connectivity index (χ4v) is 5.76. The Kier molecular flexibility index (Phi) is 9.28. The molecule has 0 aliphatic rings. The van der Waals surface area contributed by atoms with Crippen LogP contribution < -0.4 is 19.1 Å². The standard InChI is InChI=1S/C27H32N2O5S2/c1-6-34-23-12-10-22(11-13-23)29(36(31,32)26-17-19(2)7-16-25(26)33-4)18-27(30)28-20(3)21-8-14-24(35-5)15-9-21/h7-17,20H,6,18H2,1-5H3,(H,28,30). The number of methoxy groups -OCH3 is 1. The van der Waals surface area contributed by atoms with Gasteiger partial charge in [0.25, 0.3) is 10.0 Å². The second-order valence-electron chi connectivity index (χ2n) is 8.16. The highest BCUT2D eigenvalue weighted by molar-refractivity contribution is 7.98. The first-order chi connectivity index (χ1) is 17.2. The number of nitrogens with one attached hydrogen (secondary N) is 1. The zero-order valence-electron chi connectivity index (χ0n) is 21.1. The third kappa shape index (κ3) is 6.53. The van der Waals surface area contributed by atoms with Gasteiger partial charge >= 0.3 is 0 Å². The Balaban J connectivity index is 1.94. The summed E-state index contributed by atoms with van der Waals surface area (Å²) in [5, 5.41) is 2.92. The summed E-state index contributed by atoms with van der Waals surface area (Å²) in [6.07, 6.45) is 2.00. The largest absolute Gasteiger partial charge is 0.495 e. The summed E-state index contributed by atoms with van der Waals surface area (Å²) < 4.78 is 39.7. The topological polar surface area (TPSA) is 84.9 Å². The highest BCUT2D eigenvalue weighted by Crippen LogP contribution is 2.31. The molecule has 0 radical (unpaired) electrons. The molecule has 1 unspecified atom stereocenters. The molecule has 0 aliphatic carbocycles. The molecule has 0 saturated heterocycles. The number of aryl methyl sites for hydroxylation is 1. The monoisotopic (exact) mass is 528 g/mol. The van der Waals surface area contributed by atoms with Crippen molar-refractivity contribution >= 4 is 33.4 Å². The molecule has 0 saturated carbocycles. The zero-order chi connectivity index (χ0) is 26.3. The summed E-state index contributed by atoms with van der Waals surface area (Å²) in [6.45, 7) is 5.62. The van der Waals surface area contributed by atoms with E-state index in [1.54, 1.807) is 61.2 Å². The summed E-state index contributed by atoms with van der Waals surface area (Å²) in [4.78, 5) is 14.2. The van der Waals surface area contributed by atoms with Crippen LogP contribution in [-0.4, -0.2) is 40.8 Å². The normalized spacial score (nSPS) is 12.0. The molecule has 36 heavy (non-hydrogen) atoms. The SMILES string of the molecule is CCOc1ccc(N(CC(=O)NC(C)c2ccc(SC)cc2)S(=O)(=O)c2cc(C)ccc2OC)cc1. The lowest BCUT2D eigenvalue weighted by Crippen LogP contribution is -2.41. The molecule has 3 rings (SSSR count). The Bertz CT molecular complexity index is 1280. The number of thioether (sulfide) groups is 1. The van der Waals surface area contributed by atoms with E-state index in [2.05, 4.69) is 5.32 Å². The van der Waals surface area contributed by atoms with Crippen LogP contribution in [0.15, 0.2) is 76.5 Å². The third-order valence-corrected chi connectivity index (χ3v) is 8.14. The Morgan fingerprint density at radius 3 is 2.31 bits per heavy atom. The second kappa shape index (κ2) is 12.2. The average Bonchev–Trinajstić information content (AvgIpc) is 2.88. The van der Waals surface area contributed by atoms with Crippen LogP contribution >= 0.6 is 11.8 Å². The van der Waals surface area contributed by atoms with Gasteiger partial charge in [-0.15, -0.1) is 11.8 Å². The Morgan fingerprint density at radius 1 is 1.06 bits per heavy atom. The van der Waals surface area contributed by atoms with Gasteiger partial charge in [-0.2, -0.15) is 0 Å². The minimum atomic E-state index is -4.15. The van der Waals surface area contributed by atoms with Crippen LogP contribution in [0.1, 0.15) is 31.0 Å². The first-order valence-electron chi connectivity index (χ1n) is 11.5. The van der Waals surface area contributed by atoms with E-state index in [0.717, 1.165) is 20.3 Å². The van der Waals surface area contributed by atoms with Gasteiger partial charge in [0.15, 0.2) is 0 Å². The van der Waals surface area contributed by atoms with Gasteiger partial charge in [-0.05, 0) is 86.7 Å². The maximum atomic E-state index is 13.9. The molecule has 1 atom stereocenters. The summed E-state index contributed by atoms with van der Waals surface area (Å²) >= 11 is 1.64. The van der Waals surface area contributed by atoms with E-state index in [4.69, 9.17) is 9.47 Å². The van der Waals surface area contributed by atoms with Crippen LogP contribution in [0.3, 0.4) is 0 Å². The first-order valence-corrected chi connectivity index (χ1v) is 14.2. The van der Waals surface area contributed by atoms with Crippen LogP contribution in [0.5, 0.6) is 11.5 Å². The third-order valence-electron chi connectivity index (χ3n) is 5.60. The quantitative estimate of drug-likeness (QED) is 0.345. The van der Waals surface area contributed by atoms with Gasteiger partial charge in [0, 0.05) is 4.90 Å². The zero-order valence-corrected chi connectivity index (χ0v) is 22.8. The molecule has 0 heterocycles. The number of benzene rings is 3. The number of anilines is 1. The Morgan fingerprint density at radius 2 is 1.72 bits per heavy atom. The number of amides is 1. The molecule has 0 aliphatic heterocycles. The summed E-state index contributed by atoms with van der Waals surface area (Å²) in [5.41, 5.74) is 2.03. The fraction of sp³-hybridized carbons (Fsp3) is 0.296. The molecule has 0 bridgehead atoms. The van der Waals surface area contributed by atoms with Gasteiger partial charge in [-0.25, -0.2) is 8.42 Å². The number of nitrogens with zero attached hydrogens (tertiary/aromatic N) is 1. The first kappa shape index (κ1) is 27.4. The summed E-state index contributed by atoms with van der Waals surface area (Å²) in [6, 6.07) is 19.1. The predicted octanol–water partition coefficient (Wildman–Crippen LogP) is 5.20. The second-order valence-corrected chi connectivity index (χ2v) is 10.9. The van der Waals surface area contributed by atoms with Crippen molar-refractivity contribution < 1.29 is 22.7 Å². The molecule has 0 fully saturated rings. The molecule has 3 aromatic rings. The van der Waals surface area contributed by atoms with Crippen molar-refractivity contribution in [1.29, 1.82) is 0 Å². The van der Waals surface area contributed by atoms with Gasteiger partial charge in [0.1, 0.15) is 22.9 Å². The molecule has 1 amide bonds. The van der Waals surface area contributed by atoms with Crippen LogP contribution in [0.2, 0.25) is 0 Å². The highest BCUT2D eigenvalue weighted by atomic mass is 32.2. The van der Waals surface area contributed by atoms with Crippen molar-refractivity contribution in [3.05, 3.63) is 77.9 Å². The van der Waals surface area contributed by atoms with E-state index in [9.17, 15) is 13.2 Å². The van der Waals surface area contributed by atoms with Crippen molar-refractivity contribution in [2.24, 2.45) is 0 Å². The molecule has 9 heteroatoms. The average molecular weight is 529 g/mol. The molecular formula is C27H32N2O5S2. The van der Waals surface area contributed by atoms with E-state index < -0.39 is 22.5 Å². The molecule has 192 valence electrons. The van der Waals surface area contributed by atoms with Gasteiger partial charge in [-0.3, -0.25) is 9.10 Å². The van der Waals surface area contributed by atoms with E-state index in [1.165, 1.54) is 7.11 Å². The predicted molar refractivity (Wildman–Crippen MR) is 145 cm³/mol. The maximum absolute atomic E-state index is 13.9. The Hall–Kier alpha value is -3.17. The molecule has 0 aromatic heterocycles. The van der Waals surface area contributed by atoms with Gasteiger partial charge < -0.3 is 14.8 Å². The van der Waals surface area contributed by atoms with Crippen molar-refractivity contribution in [2.75, 3.05) is 30.8 Å².